The van der Waals surface area contributed by atoms with Crippen molar-refractivity contribution in [2.75, 3.05) is 29.9 Å². The fourth-order valence-electron chi connectivity index (χ4n) is 2.46. The number of para-hydroxylation sites is 2. The van der Waals surface area contributed by atoms with Gasteiger partial charge in [0.05, 0.1) is 11.4 Å². The molecule has 1 N–H and O–H groups in total. The van der Waals surface area contributed by atoms with Gasteiger partial charge in [-0.25, -0.2) is 0 Å². The minimum absolute atomic E-state index is 0.0812. The van der Waals surface area contributed by atoms with Crippen LogP contribution in [0.4, 0.5) is 11.4 Å². The zero-order chi connectivity index (χ0) is 15.2. The number of nitrogens with zero attached hydrogens (tertiary/aromatic N) is 1. The van der Waals surface area contributed by atoms with Crippen LogP contribution in [-0.4, -0.2) is 31.7 Å². The monoisotopic (exact) mass is 290 g/mol. The summed E-state index contributed by atoms with van der Waals surface area (Å²) in [6, 6.07) is 8.00. The van der Waals surface area contributed by atoms with Gasteiger partial charge >= 0.3 is 0 Å². The van der Waals surface area contributed by atoms with E-state index in [9.17, 15) is 4.79 Å². The predicted octanol–water partition coefficient (Wildman–Crippen LogP) is 3.29. The van der Waals surface area contributed by atoms with E-state index in [1.807, 2.05) is 18.2 Å². The molecule has 1 aliphatic rings. The number of carbonyl (C=O) groups excluding carboxylic acids is 1. The molecule has 1 fully saturated rings. The first-order valence-corrected chi connectivity index (χ1v) is 7.84. The summed E-state index contributed by atoms with van der Waals surface area (Å²) in [5.41, 5.74) is 1.99. The van der Waals surface area contributed by atoms with Crippen LogP contribution in [0, 0.1) is 5.92 Å². The third-order valence-corrected chi connectivity index (χ3v) is 3.66. The highest BCUT2D eigenvalue weighted by molar-refractivity contribution is 5.97. The maximum Gasteiger partial charge on any atom is 0.253 e. The SMILES string of the molecule is CC(C)CO[C@H](C)C(=O)Nc1ccccc1N1CCCC1. The topological polar surface area (TPSA) is 41.6 Å². The molecule has 1 amide bonds. The highest BCUT2D eigenvalue weighted by atomic mass is 16.5. The van der Waals surface area contributed by atoms with Crippen molar-refractivity contribution in [3.63, 3.8) is 0 Å². The molecule has 4 heteroatoms. The van der Waals surface area contributed by atoms with Crippen LogP contribution >= 0.6 is 0 Å². The van der Waals surface area contributed by atoms with Gasteiger partial charge in [0.25, 0.3) is 5.91 Å². The van der Waals surface area contributed by atoms with Crippen LogP contribution in [0.3, 0.4) is 0 Å². The minimum Gasteiger partial charge on any atom is -0.370 e. The van der Waals surface area contributed by atoms with Crippen molar-refractivity contribution in [1.82, 2.24) is 0 Å². The van der Waals surface area contributed by atoms with E-state index in [-0.39, 0.29) is 5.91 Å². The van der Waals surface area contributed by atoms with Gasteiger partial charge in [-0.3, -0.25) is 4.79 Å². The Morgan fingerprint density at radius 1 is 1.24 bits per heavy atom. The zero-order valence-corrected chi connectivity index (χ0v) is 13.3. The summed E-state index contributed by atoms with van der Waals surface area (Å²) < 4.78 is 5.58. The third-order valence-electron chi connectivity index (χ3n) is 3.66. The molecule has 1 atom stereocenters. The number of hydrogen-bond donors (Lipinski definition) is 1. The van der Waals surface area contributed by atoms with Crippen molar-refractivity contribution in [1.29, 1.82) is 0 Å². The molecule has 0 bridgehead atoms. The summed E-state index contributed by atoms with van der Waals surface area (Å²) in [4.78, 5) is 14.6. The quantitative estimate of drug-likeness (QED) is 0.874. The van der Waals surface area contributed by atoms with E-state index in [4.69, 9.17) is 4.74 Å². The molecule has 21 heavy (non-hydrogen) atoms. The first kappa shape index (κ1) is 15.8. The second-order valence-corrected chi connectivity index (χ2v) is 6.07. The van der Waals surface area contributed by atoms with Crippen LogP contribution in [0.25, 0.3) is 0 Å². The average Bonchev–Trinajstić information content (AvgIpc) is 2.99. The molecule has 1 aliphatic heterocycles. The van der Waals surface area contributed by atoms with Crippen LogP contribution in [0.5, 0.6) is 0 Å². The van der Waals surface area contributed by atoms with Gasteiger partial charge in [-0.2, -0.15) is 0 Å². The van der Waals surface area contributed by atoms with E-state index in [0.29, 0.717) is 12.5 Å². The number of amides is 1. The maximum absolute atomic E-state index is 12.2. The Bertz CT molecular complexity index is 468. The van der Waals surface area contributed by atoms with E-state index in [0.717, 1.165) is 24.5 Å². The van der Waals surface area contributed by atoms with Gasteiger partial charge in [-0.05, 0) is 37.8 Å². The molecule has 0 unspecified atom stereocenters. The standard InChI is InChI=1S/C17H26N2O2/c1-13(2)12-21-14(3)17(20)18-15-8-4-5-9-16(15)19-10-6-7-11-19/h4-5,8-9,13-14H,6-7,10-12H2,1-3H3,(H,18,20)/t14-/m1/s1. The van der Waals surface area contributed by atoms with Crippen LogP contribution < -0.4 is 10.2 Å². The number of rotatable bonds is 6. The Morgan fingerprint density at radius 2 is 1.90 bits per heavy atom. The van der Waals surface area contributed by atoms with Crippen LogP contribution in [0.1, 0.15) is 33.6 Å². The van der Waals surface area contributed by atoms with Gasteiger partial charge in [-0.15, -0.1) is 0 Å². The molecule has 1 aromatic rings. The number of ether oxygens (including phenoxy) is 1. The van der Waals surface area contributed by atoms with E-state index < -0.39 is 6.10 Å². The number of anilines is 2. The molecule has 4 nitrogen and oxygen atoms in total. The lowest BCUT2D eigenvalue weighted by Crippen LogP contribution is -2.30. The van der Waals surface area contributed by atoms with Crippen LogP contribution in [0.2, 0.25) is 0 Å². The lowest BCUT2D eigenvalue weighted by atomic mass is 10.2. The summed E-state index contributed by atoms with van der Waals surface area (Å²) in [6.45, 7) is 8.68. The van der Waals surface area contributed by atoms with Crippen LogP contribution in [-0.2, 0) is 9.53 Å². The molecule has 1 heterocycles. The van der Waals surface area contributed by atoms with E-state index in [1.54, 1.807) is 6.92 Å². The van der Waals surface area contributed by atoms with Gasteiger partial charge in [0.1, 0.15) is 6.10 Å². The number of nitrogens with one attached hydrogen (secondary N) is 1. The first-order chi connectivity index (χ1) is 10.1. The third kappa shape index (κ3) is 4.46. The van der Waals surface area contributed by atoms with Crippen molar-refractivity contribution in [3.8, 4) is 0 Å². The molecule has 0 radical (unpaired) electrons. The van der Waals surface area contributed by atoms with Gasteiger partial charge in [-0.1, -0.05) is 26.0 Å². The molecule has 116 valence electrons. The molecule has 0 aromatic heterocycles. The van der Waals surface area contributed by atoms with Gasteiger partial charge < -0.3 is 15.0 Å². The Morgan fingerprint density at radius 3 is 2.57 bits per heavy atom. The molecular weight excluding hydrogens is 264 g/mol. The minimum atomic E-state index is -0.431. The van der Waals surface area contributed by atoms with Gasteiger partial charge in [0, 0.05) is 19.7 Å². The smallest absolute Gasteiger partial charge is 0.253 e. The summed E-state index contributed by atoms with van der Waals surface area (Å²) in [5.74, 6) is 0.347. The fraction of sp³-hybridized carbons (Fsp3) is 0.588. The molecule has 1 aromatic carbocycles. The van der Waals surface area contributed by atoms with Crippen molar-refractivity contribution < 1.29 is 9.53 Å². The Hall–Kier alpha value is -1.55. The van der Waals surface area contributed by atoms with E-state index in [2.05, 4.69) is 30.1 Å². The Labute approximate surface area is 127 Å². The summed E-state index contributed by atoms with van der Waals surface area (Å²) in [7, 11) is 0. The molecule has 0 aliphatic carbocycles. The molecule has 0 saturated carbocycles. The van der Waals surface area contributed by atoms with Gasteiger partial charge in [0.15, 0.2) is 0 Å². The molecule has 1 saturated heterocycles. The van der Waals surface area contributed by atoms with Crippen molar-refractivity contribution in [3.05, 3.63) is 24.3 Å². The normalized spacial score (nSPS) is 16.3. The molecule has 2 rings (SSSR count). The van der Waals surface area contributed by atoms with E-state index >= 15 is 0 Å². The van der Waals surface area contributed by atoms with Crippen molar-refractivity contribution in [2.45, 2.75) is 39.7 Å². The summed E-state index contributed by atoms with van der Waals surface area (Å²) >= 11 is 0. The summed E-state index contributed by atoms with van der Waals surface area (Å²) in [5, 5.41) is 3.01. The number of benzene rings is 1. The Kier molecular flexibility index (Phi) is 5.62. The lowest BCUT2D eigenvalue weighted by molar-refractivity contribution is -0.126. The maximum atomic E-state index is 12.2. The zero-order valence-electron chi connectivity index (χ0n) is 13.3. The largest absolute Gasteiger partial charge is 0.370 e. The predicted molar refractivity (Wildman–Crippen MR) is 86.8 cm³/mol. The van der Waals surface area contributed by atoms with Crippen molar-refractivity contribution >= 4 is 17.3 Å². The average molecular weight is 290 g/mol. The second kappa shape index (κ2) is 7.46. The highest BCUT2D eigenvalue weighted by Gasteiger charge is 2.19. The molecule has 0 spiro atoms. The van der Waals surface area contributed by atoms with E-state index in [1.165, 1.54) is 12.8 Å². The first-order valence-electron chi connectivity index (χ1n) is 7.84. The van der Waals surface area contributed by atoms with Crippen LogP contribution in [0.15, 0.2) is 24.3 Å². The van der Waals surface area contributed by atoms with Crippen molar-refractivity contribution in [2.24, 2.45) is 5.92 Å². The Balaban J connectivity index is 2.00. The second-order valence-electron chi connectivity index (χ2n) is 6.07. The highest BCUT2D eigenvalue weighted by Crippen LogP contribution is 2.28. The summed E-state index contributed by atoms with van der Waals surface area (Å²) in [6.07, 6.45) is 2.01. The fourth-order valence-corrected chi connectivity index (χ4v) is 2.46. The number of carbonyl (C=O) groups is 1. The molecular formula is C17H26N2O2. The lowest BCUT2D eigenvalue weighted by Gasteiger charge is -2.22. The van der Waals surface area contributed by atoms with Gasteiger partial charge in [0.2, 0.25) is 0 Å². The number of hydrogen-bond acceptors (Lipinski definition) is 3.